The van der Waals surface area contributed by atoms with E-state index >= 15 is 4.39 Å². The largest absolute Gasteiger partial charge is 0.508 e. The molecular formula is C62H78FN13O5. The number of hydrogen-bond donors (Lipinski definition) is 3. The molecular weight excluding hydrogens is 1030 g/mol. The number of phenolic OH excluding ortho intramolecular Hbond substituents is 1. The van der Waals surface area contributed by atoms with Crippen molar-refractivity contribution >= 4 is 45.1 Å². The molecule has 12 rings (SSSR count). The summed E-state index contributed by atoms with van der Waals surface area (Å²) in [5.74, 6) is 1.70. The molecule has 5 fully saturated rings. The van der Waals surface area contributed by atoms with Crippen molar-refractivity contribution in [3.05, 3.63) is 102 Å². The zero-order valence-electron chi connectivity index (χ0n) is 47.6. The van der Waals surface area contributed by atoms with Gasteiger partial charge in [-0.1, -0.05) is 74.8 Å². The van der Waals surface area contributed by atoms with Crippen molar-refractivity contribution < 1.29 is 28.3 Å². The van der Waals surface area contributed by atoms with Gasteiger partial charge < -0.3 is 39.7 Å². The molecule has 4 unspecified atom stereocenters. The smallest absolute Gasteiger partial charge is 0.319 e. The number of phenols is 1. The fourth-order valence-electron chi connectivity index (χ4n) is 12.8. The highest BCUT2D eigenvalue weighted by atomic mass is 19.1. The lowest BCUT2D eigenvalue weighted by Gasteiger charge is -2.38. The molecule has 4 atom stereocenters. The average Bonchev–Trinajstić information content (AvgIpc) is 4.49. The van der Waals surface area contributed by atoms with Crippen molar-refractivity contribution in [2.75, 3.05) is 88.4 Å². The van der Waals surface area contributed by atoms with E-state index in [1.165, 1.54) is 6.42 Å². The summed E-state index contributed by atoms with van der Waals surface area (Å²) in [7, 11) is 1.91. The van der Waals surface area contributed by atoms with E-state index in [4.69, 9.17) is 24.2 Å². The first kappa shape index (κ1) is 55.7. The van der Waals surface area contributed by atoms with E-state index in [0.717, 1.165) is 136 Å². The maximum atomic E-state index is 17.1. The molecule has 19 heteroatoms. The summed E-state index contributed by atoms with van der Waals surface area (Å²) in [6, 6.07) is 21.3. The van der Waals surface area contributed by atoms with Gasteiger partial charge in [0.15, 0.2) is 11.6 Å². The SMILES string of the molecule is CCC.CCc1cccc2cc(O)cc(-c3ncc4c(N5CC6CCC(C5)N6)nc(OCCN5CCC(CN6CCN(c7cc(CC(=O)N8CCCC8C(=O)NC(C)c8ccc(-c9ccnn9C)cc8)on7)CC6)CC5)nc4c3F)c12. The molecule has 4 aromatic heterocycles. The zero-order valence-corrected chi connectivity index (χ0v) is 47.6. The summed E-state index contributed by atoms with van der Waals surface area (Å²) in [6.45, 7) is 17.9. The number of carbonyl (C=O) groups excluding carboxylic acids is 2. The first-order valence-electron chi connectivity index (χ1n) is 29.5. The van der Waals surface area contributed by atoms with Crippen LogP contribution in [-0.2, 0) is 29.5 Å². The van der Waals surface area contributed by atoms with Gasteiger partial charge >= 0.3 is 6.01 Å². The van der Waals surface area contributed by atoms with Gasteiger partial charge in [-0.25, -0.2) is 4.39 Å². The van der Waals surface area contributed by atoms with Gasteiger partial charge in [-0.15, -0.1) is 0 Å². The number of rotatable bonds is 16. The van der Waals surface area contributed by atoms with Crippen molar-refractivity contribution in [2.45, 2.75) is 110 Å². The Morgan fingerprint density at radius 2 is 1.65 bits per heavy atom. The van der Waals surface area contributed by atoms with Gasteiger partial charge in [0.1, 0.15) is 41.2 Å². The van der Waals surface area contributed by atoms with Crippen molar-refractivity contribution in [2.24, 2.45) is 13.0 Å². The van der Waals surface area contributed by atoms with Crippen LogP contribution >= 0.6 is 0 Å². The number of pyridine rings is 1. The number of anilines is 2. The van der Waals surface area contributed by atoms with Gasteiger partial charge in [-0.05, 0) is 117 Å². The molecule has 18 nitrogen and oxygen atoms in total. The number of amides is 2. The number of benzene rings is 3. The minimum absolute atomic E-state index is 0.0496. The van der Waals surface area contributed by atoms with E-state index in [1.807, 2.05) is 73.3 Å². The number of aryl methyl sites for hydroxylation is 2. The number of hydrogen-bond acceptors (Lipinski definition) is 15. The van der Waals surface area contributed by atoms with Gasteiger partial charge in [-0.3, -0.25) is 29.1 Å². The van der Waals surface area contributed by atoms with Gasteiger partial charge in [-0.2, -0.15) is 15.1 Å². The Hall–Kier alpha value is -7.22. The van der Waals surface area contributed by atoms with Gasteiger partial charge in [0.05, 0.1) is 23.5 Å². The minimum atomic E-state index is -0.557. The summed E-state index contributed by atoms with van der Waals surface area (Å²) in [6.07, 6.45) is 11.3. The van der Waals surface area contributed by atoms with E-state index in [2.05, 4.69) is 61.3 Å². The predicted octanol–water partition coefficient (Wildman–Crippen LogP) is 8.32. The number of piperidine rings is 1. The van der Waals surface area contributed by atoms with Crippen molar-refractivity contribution in [1.29, 1.82) is 0 Å². The molecule has 3 aromatic carbocycles. The number of halogens is 1. The Kier molecular flexibility index (Phi) is 17.1. The highest BCUT2D eigenvalue weighted by molar-refractivity contribution is 6.01. The van der Waals surface area contributed by atoms with Crippen LogP contribution in [0.5, 0.6) is 11.8 Å². The van der Waals surface area contributed by atoms with Crippen LogP contribution in [0.3, 0.4) is 0 Å². The summed E-state index contributed by atoms with van der Waals surface area (Å²) >= 11 is 0. The highest BCUT2D eigenvalue weighted by Gasteiger charge is 2.37. The molecule has 0 saturated carbocycles. The predicted molar refractivity (Wildman–Crippen MR) is 313 cm³/mol. The number of nitrogens with zero attached hydrogens (tertiary/aromatic N) is 11. The normalized spacial score (nSPS) is 20.2. The summed E-state index contributed by atoms with van der Waals surface area (Å²) in [5, 5.41) is 28.5. The lowest BCUT2D eigenvalue weighted by molar-refractivity contribution is -0.138. The number of aromatic hydroxyl groups is 1. The molecule has 5 aliphatic rings. The standard InChI is InChI=1S/C59H70FN13O5.C3H8/c1-4-39-7-5-8-42-29-45(74)30-47(53(39)42)55-54(60)56-48(33-61-55)57(72-35-43-14-15-44(36-72)64-43)66-59(65-56)77-28-27-69-21-17-38(18-22-69)34-70-23-25-71(26-24-70)51-31-46(78-67-51)32-52(75)73-20-6-9-50(73)58(76)63-37(2)40-10-12-41(13-11-40)49-16-19-62-68(49)3;1-3-2/h5,7-8,10-13,16,19,29-31,33,37-38,43-44,50,64,74H,4,6,9,14-15,17-18,20-28,32,34-36H2,1-3H3,(H,63,76);3H2,1-2H3. The molecule has 9 heterocycles. The summed E-state index contributed by atoms with van der Waals surface area (Å²) < 4.78 is 31.0. The van der Waals surface area contributed by atoms with Crippen LogP contribution in [-0.4, -0.2) is 158 Å². The lowest BCUT2D eigenvalue weighted by atomic mass is 9.95. The van der Waals surface area contributed by atoms with E-state index in [1.54, 1.807) is 29.4 Å². The van der Waals surface area contributed by atoms with Crippen LogP contribution in [0.15, 0.2) is 83.6 Å². The molecule has 3 N–H and O–H groups in total. The third-order valence-electron chi connectivity index (χ3n) is 17.0. The monoisotopic (exact) mass is 1100 g/mol. The zero-order chi connectivity index (χ0) is 56.1. The number of nitrogens with one attached hydrogen (secondary N) is 2. The molecule has 81 heavy (non-hydrogen) atoms. The van der Waals surface area contributed by atoms with E-state index < -0.39 is 11.9 Å². The van der Waals surface area contributed by atoms with Crippen LogP contribution in [0.2, 0.25) is 0 Å². The Labute approximate surface area is 474 Å². The molecule has 2 bridgehead atoms. The van der Waals surface area contributed by atoms with Gasteiger partial charge in [0.2, 0.25) is 11.8 Å². The van der Waals surface area contributed by atoms with Crippen LogP contribution in [0, 0.1) is 11.7 Å². The molecule has 0 aliphatic carbocycles. The van der Waals surface area contributed by atoms with Gasteiger partial charge in [0, 0.05) is 102 Å². The maximum Gasteiger partial charge on any atom is 0.319 e. The minimum Gasteiger partial charge on any atom is -0.508 e. The third kappa shape index (κ3) is 12.4. The van der Waals surface area contributed by atoms with E-state index in [-0.39, 0.29) is 47.2 Å². The second kappa shape index (κ2) is 24.9. The molecule has 0 radical (unpaired) electrons. The Morgan fingerprint density at radius 1 is 0.889 bits per heavy atom. The summed E-state index contributed by atoms with van der Waals surface area (Å²) in [5.41, 5.74) is 4.94. The highest BCUT2D eigenvalue weighted by Crippen LogP contribution is 2.39. The van der Waals surface area contributed by atoms with Crippen molar-refractivity contribution in [1.82, 2.24) is 55.2 Å². The number of ether oxygens (including phenoxy) is 1. The molecule has 0 spiro atoms. The Balaban J connectivity index is 0.00000225. The Morgan fingerprint density at radius 3 is 2.38 bits per heavy atom. The molecule has 5 aliphatic heterocycles. The first-order valence-corrected chi connectivity index (χ1v) is 29.5. The van der Waals surface area contributed by atoms with Crippen molar-refractivity contribution in [3.8, 4) is 34.3 Å². The van der Waals surface area contributed by atoms with Crippen molar-refractivity contribution in [3.63, 3.8) is 0 Å². The quantitative estimate of drug-likeness (QED) is 0.0838. The third-order valence-corrected chi connectivity index (χ3v) is 17.0. The average molecular weight is 1100 g/mol. The van der Waals surface area contributed by atoms with E-state index in [9.17, 15) is 14.7 Å². The second-order valence-electron chi connectivity index (χ2n) is 22.8. The van der Waals surface area contributed by atoms with Gasteiger partial charge in [0.25, 0.3) is 0 Å². The molecule has 7 aromatic rings. The second-order valence-corrected chi connectivity index (χ2v) is 22.8. The maximum absolute atomic E-state index is 17.1. The van der Waals surface area contributed by atoms with Crippen LogP contribution in [0.4, 0.5) is 16.0 Å². The molecule has 428 valence electrons. The number of fused-ring (bicyclic) bond motifs is 4. The topological polar surface area (TPSA) is 186 Å². The summed E-state index contributed by atoms with van der Waals surface area (Å²) in [4.78, 5) is 52.7. The molecule has 5 saturated heterocycles. The fraction of sp³-hybridized carbons (Fsp3) is 0.500. The Bertz CT molecular complexity index is 3300. The number of likely N-dealkylation sites (tertiary alicyclic amines) is 2. The number of aromatic nitrogens is 6. The fourth-order valence-corrected chi connectivity index (χ4v) is 12.8. The van der Waals surface area contributed by atoms with E-state index in [0.29, 0.717) is 66.6 Å². The van der Waals surface area contributed by atoms with Crippen LogP contribution < -0.4 is 25.2 Å². The first-order chi connectivity index (χ1) is 39.4. The number of carbonyl (C=O) groups is 2. The van der Waals surface area contributed by atoms with Crippen LogP contribution in [0.25, 0.3) is 44.2 Å². The van der Waals surface area contributed by atoms with Crippen LogP contribution in [0.1, 0.15) is 95.6 Å². The molecule has 2 amide bonds. The number of piperazine rings is 2. The lowest BCUT2D eigenvalue weighted by Crippen LogP contribution is -2.51.